The minimum atomic E-state index is -0.893. The van der Waals surface area contributed by atoms with E-state index in [9.17, 15) is 9.50 Å². The second-order valence-electron chi connectivity index (χ2n) is 6.12. The summed E-state index contributed by atoms with van der Waals surface area (Å²) in [5.74, 6) is -0.242. The summed E-state index contributed by atoms with van der Waals surface area (Å²) in [5, 5.41) is 23.7. The summed E-state index contributed by atoms with van der Waals surface area (Å²) in [4.78, 5) is 0. The highest BCUT2D eigenvalue weighted by atomic mass is 32.1. The Morgan fingerprint density at radius 2 is 1.80 bits per heavy atom. The van der Waals surface area contributed by atoms with Gasteiger partial charge in [-0.3, -0.25) is 0 Å². The summed E-state index contributed by atoms with van der Waals surface area (Å²) in [6, 6.07) is 16.0. The van der Waals surface area contributed by atoms with Crippen molar-refractivity contribution in [2.45, 2.75) is 25.4 Å². The van der Waals surface area contributed by atoms with Crippen molar-refractivity contribution in [3.8, 4) is 0 Å². The Balaban J connectivity index is 1.52. The molecule has 2 aromatic carbocycles. The Morgan fingerprint density at radius 3 is 2.52 bits per heavy atom. The van der Waals surface area contributed by atoms with E-state index in [0.29, 0.717) is 19.4 Å². The van der Waals surface area contributed by atoms with Gasteiger partial charge in [0.05, 0.1) is 5.60 Å². The highest BCUT2D eigenvalue weighted by Crippen LogP contribution is 2.25. The van der Waals surface area contributed by atoms with Crippen molar-refractivity contribution in [1.82, 2.24) is 10.2 Å². The summed E-state index contributed by atoms with van der Waals surface area (Å²) in [6.07, 6.45) is 1.19. The number of anilines is 1. The molecule has 0 saturated heterocycles. The number of nitrogens with zero attached hydrogens (tertiary/aromatic N) is 2. The second-order valence-corrected chi connectivity index (χ2v) is 7.18. The fourth-order valence-electron chi connectivity index (χ4n) is 2.53. The van der Waals surface area contributed by atoms with E-state index in [2.05, 4.69) is 15.5 Å². The molecular weight excluding hydrogens is 337 g/mol. The number of nitrogens with one attached hydrogen (secondary N) is 1. The van der Waals surface area contributed by atoms with Gasteiger partial charge in [-0.05, 0) is 36.6 Å². The van der Waals surface area contributed by atoms with Crippen molar-refractivity contribution >= 4 is 16.5 Å². The SMILES string of the molecule is CC(O)(CCNc1nnc(Cc2ccc(F)cc2)s1)c1ccccc1. The van der Waals surface area contributed by atoms with Crippen LogP contribution in [0.25, 0.3) is 0 Å². The molecular formula is C19H20FN3OS. The number of rotatable bonds is 7. The van der Waals surface area contributed by atoms with E-state index < -0.39 is 5.60 Å². The molecule has 0 spiro atoms. The minimum absolute atomic E-state index is 0.242. The molecule has 0 fully saturated rings. The van der Waals surface area contributed by atoms with Crippen LogP contribution >= 0.6 is 11.3 Å². The Bertz CT molecular complexity index is 803. The molecule has 3 rings (SSSR count). The average molecular weight is 357 g/mol. The van der Waals surface area contributed by atoms with E-state index in [1.54, 1.807) is 12.1 Å². The fourth-order valence-corrected chi connectivity index (χ4v) is 3.33. The number of halogens is 1. The van der Waals surface area contributed by atoms with Gasteiger partial charge < -0.3 is 10.4 Å². The molecule has 3 aromatic rings. The molecule has 0 aliphatic rings. The molecule has 0 aliphatic heterocycles. The third-order valence-electron chi connectivity index (χ3n) is 4.02. The van der Waals surface area contributed by atoms with E-state index in [4.69, 9.17) is 0 Å². The van der Waals surface area contributed by atoms with Gasteiger partial charge in [-0.1, -0.05) is 53.8 Å². The maximum absolute atomic E-state index is 12.9. The van der Waals surface area contributed by atoms with E-state index in [-0.39, 0.29) is 5.82 Å². The van der Waals surface area contributed by atoms with Gasteiger partial charge in [0.15, 0.2) is 0 Å². The fraction of sp³-hybridized carbons (Fsp3) is 0.263. The first-order chi connectivity index (χ1) is 12.0. The topological polar surface area (TPSA) is 58.0 Å². The molecule has 0 saturated carbocycles. The Morgan fingerprint density at radius 1 is 1.08 bits per heavy atom. The van der Waals surface area contributed by atoms with Gasteiger partial charge in [-0.15, -0.1) is 10.2 Å². The summed E-state index contributed by atoms with van der Waals surface area (Å²) >= 11 is 1.47. The molecule has 6 heteroatoms. The van der Waals surface area contributed by atoms with Crippen LogP contribution in [-0.4, -0.2) is 21.8 Å². The van der Waals surface area contributed by atoms with Crippen molar-refractivity contribution in [2.24, 2.45) is 0 Å². The predicted molar refractivity (Wildman–Crippen MR) is 98.2 cm³/mol. The number of hydrogen-bond donors (Lipinski definition) is 2. The van der Waals surface area contributed by atoms with E-state index in [0.717, 1.165) is 21.3 Å². The first-order valence-corrected chi connectivity index (χ1v) is 8.93. The molecule has 0 aliphatic carbocycles. The van der Waals surface area contributed by atoms with Gasteiger partial charge in [-0.25, -0.2) is 4.39 Å². The first-order valence-electron chi connectivity index (χ1n) is 8.11. The third-order valence-corrected chi connectivity index (χ3v) is 4.90. The maximum atomic E-state index is 12.9. The van der Waals surface area contributed by atoms with Crippen LogP contribution in [0.2, 0.25) is 0 Å². The van der Waals surface area contributed by atoms with Gasteiger partial charge >= 0.3 is 0 Å². The molecule has 0 amide bonds. The van der Waals surface area contributed by atoms with Gasteiger partial charge in [0.25, 0.3) is 0 Å². The lowest BCUT2D eigenvalue weighted by molar-refractivity contribution is 0.0515. The van der Waals surface area contributed by atoms with Gasteiger partial charge in [-0.2, -0.15) is 0 Å². The molecule has 1 unspecified atom stereocenters. The van der Waals surface area contributed by atoms with E-state index in [1.165, 1.54) is 23.5 Å². The molecule has 1 heterocycles. The van der Waals surface area contributed by atoms with Crippen LogP contribution in [-0.2, 0) is 12.0 Å². The summed E-state index contributed by atoms with van der Waals surface area (Å²) in [5.41, 5.74) is 0.998. The van der Waals surface area contributed by atoms with Crippen molar-refractivity contribution in [1.29, 1.82) is 0 Å². The highest BCUT2D eigenvalue weighted by Gasteiger charge is 2.22. The van der Waals surface area contributed by atoms with Crippen molar-refractivity contribution < 1.29 is 9.50 Å². The second kappa shape index (κ2) is 7.72. The number of aromatic nitrogens is 2. The summed E-state index contributed by atoms with van der Waals surface area (Å²) < 4.78 is 12.9. The lowest BCUT2D eigenvalue weighted by atomic mass is 9.93. The van der Waals surface area contributed by atoms with Crippen LogP contribution in [0.5, 0.6) is 0 Å². The quantitative estimate of drug-likeness (QED) is 0.672. The number of aliphatic hydroxyl groups is 1. The largest absolute Gasteiger partial charge is 0.385 e. The number of hydrogen-bond acceptors (Lipinski definition) is 5. The van der Waals surface area contributed by atoms with Crippen LogP contribution in [0.4, 0.5) is 9.52 Å². The van der Waals surface area contributed by atoms with Crippen LogP contribution in [0.3, 0.4) is 0 Å². The summed E-state index contributed by atoms with van der Waals surface area (Å²) in [6.45, 7) is 2.40. The monoisotopic (exact) mass is 357 g/mol. The molecule has 4 nitrogen and oxygen atoms in total. The van der Waals surface area contributed by atoms with Gasteiger partial charge in [0.1, 0.15) is 10.8 Å². The van der Waals surface area contributed by atoms with Crippen molar-refractivity contribution in [2.75, 3.05) is 11.9 Å². The molecule has 130 valence electrons. The van der Waals surface area contributed by atoms with Crippen LogP contribution < -0.4 is 5.32 Å². The molecule has 0 bridgehead atoms. The zero-order chi connectivity index (χ0) is 17.7. The van der Waals surface area contributed by atoms with Gasteiger partial charge in [0, 0.05) is 13.0 Å². The molecule has 25 heavy (non-hydrogen) atoms. The Kier molecular flexibility index (Phi) is 5.40. The third kappa shape index (κ3) is 4.84. The normalized spacial score (nSPS) is 13.4. The lowest BCUT2D eigenvalue weighted by Crippen LogP contribution is -2.24. The molecule has 1 atom stereocenters. The molecule has 1 aromatic heterocycles. The van der Waals surface area contributed by atoms with Crippen LogP contribution in [0.15, 0.2) is 54.6 Å². The molecule has 2 N–H and O–H groups in total. The minimum Gasteiger partial charge on any atom is -0.385 e. The highest BCUT2D eigenvalue weighted by molar-refractivity contribution is 7.15. The van der Waals surface area contributed by atoms with Crippen molar-refractivity contribution in [3.63, 3.8) is 0 Å². The van der Waals surface area contributed by atoms with E-state index in [1.807, 2.05) is 37.3 Å². The Labute approximate surface area is 150 Å². The molecule has 0 radical (unpaired) electrons. The van der Waals surface area contributed by atoms with E-state index >= 15 is 0 Å². The lowest BCUT2D eigenvalue weighted by Gasteiger charge is -2.23. The van der Waals surface area contributed by atoms with Gasteiger partial charge in [0.2, 0.25) is 5.13 Å². The van der Waals surface area contributed by atoms with Crippen molar-refractivity contribution in [3.05, 3.63) is 76.5 Å². The summed E-state index contributed by atoms with van der Waals surface area (Å²) in [7, 11) is 0. The van der Waals surface area contributed by atoms with Crippen LogP contribution in [0, 0.1) is 5.82 Å². The zero-order valence-electron chi connectivity index (χ0n) is 13.9. The zero-order valence-corrected chi connectivity index (χ0v) is 14.8. The van der Waals surface area contributed by atoms with Crippen LogP contribution in [0.1, 0.15) is 29.5 Å². The average Bonchev–Trinajstić information content (AvgIpc) is 3.05. The standard InChI is InChI=1S/C19H20FN3OS/c1-19(24,15-5-3-2-4-6-15)11-12-21-18-23-22-17(25-18)13-14-7-9-16(20)10-8-14/h2-10,24H,11-13H2,1H3,(H,21,23). The maximum Gasteiger partial charge on any atom is 0.205 e. The Hall–Kier alpha value is -2.31. The smallest absolute Gasteiger partial charge is 0.205 e. The predicted octanol–water partition coefficient (Wildman–Crippen LogP) is 3.98. The number of benzene rings is 2. The first kappa shape index (κ1) is 17.5.